The second-order valence-corrected chi connectivity index (χ2v) is 17.3. The van der Waals surface area contributed by atoms with E-state index in [9.17, 15) is 33.5 Å². The van der Waals surface area contributed by atoms with E-state index in [-0.39, 0.29) is 18.6 Å². The summed E-state index contributed by atoms with van der Waals surface area (Å²) in [6.07, 6.45) is 37.7. The van der Waals surface area contributed by atoms with Crippen molar-refractivity contribution in [1.29, 1.82) is 0 Å². The van der Waals surface area contributed by atoms with Crippen LogP contribution in [-0.4, -0.2) is 76.1 Å². The molecule has 0 aromatic rings. The molecule has 3 atom stereocenters. The van der Waals surface area contributed by atoms with E-state index in [2.05, 4.69) is 35.0 Å². The Kier molecular flexibility index (Phi) is 37.7. The highest BCUT2D eigenvalue weighted by Crippen LogP contribution is 2.43. The molecule has 0 aliphatic heterocycles. The molecule has 14 nitrogen and oxygen atoms in total. The molecular formula is C44H76O14P2. The van der Waals surface area contributed by atoms with Crippen molar-refractivity contribution in [3.8, 4) is 0 Å². The Bertz CT molecular complexity index is 1350. The van der Waals surface area contributed by atoms with E-state index < -0.39 is 66.2 Å². The Hall–Kier alpha value is -2.51. The van der Waals surface area contributed by atoms with Gasteiger partial charge in [0.05, 0.1) is 19.8 Å². The van der Waals surface area contributed by atoms with Crippen molar-refractivity contribution in [3.63, 3.8) is 0 Å². The number of aliphatic hydroxyl groups excluding tert-OH is 1. The van der Waals surface area contributed by atoms with E-state index in [1.165, 1.54) is 38.5 Å². The van der Waals surface area contributed by atoms with Gasteiger partial charge in [-0.1, -0.05) is 133 Å². The summed E-state index contributed by atoms with van der Waals surface area (Å²) in [5.74, 6) is -1.00. The molecule has 16 heteroatoms. The molecule has 0 saturated heterocycles. The normalized spacial score (nSPS) is 14.5. The summed E-state index contributed by atoms with van der Waals surface area (Å²) in [5, 5.41) is 9.74. The Balaban J connectivity index is 4.67. The maximum absolute atomic E-state index is 12.6. The van der Waals surface area contributed by atoms with Gasteiger partial charge in [-0.3, -0.25) is 28.0 Å². The highest BCUT2D eigenvalue weighted by molar-refractivity contribution is 7.47. The van der Waals surface area contributed by atoms with Gasteiger partial charge in [0.15, 0.2) is 11.9 Å². The topological polar surface area (TPSA) is 212 Å². The fourth-order valence-electron chi connectivity index (χ4n) is 5.47. The highest BCUT2D eigenvalue weighted by Gasteiger charge is 2.28. The molecule has 0 spiro atoms. The van der Waals surface area contributed by atoms with E-state index >= 15 is 0 Å². The van der Waals surface area contributed by atoms with E-state index in [0.717, 1.165) is 64.2 Å². The summed E-state index contributed by atoms with van der Waals surface area (Å²) >= 11 is 0. The van der Waals surface area contributed by atoms with Gasteiger partial charge in [-0.05, 0) is 70.3 Å². The predicted octanol–water partition coefficient (Wildman–Crippen LogP) is 10.4. The monoisotopic (exact) mass is 890 g/mol. The molecule has 0 saturated carbocycles. The standard InChI is InChI=1S/C44H76O14P2/c1-3-5-7-8-9-10-11-12-13-14-17-20-23-26-30-34-43(47)54-38-42(39-57-60(52,53)56-37-41(46)36-55-59(49,50)51)58-44(48)35-31-27-24-21-18-15-16-19-22-25-29-33-40(45)32-28-6-4-2/h12-13,15-16,21-22,24-25,29,33,41-42,46H,3-11,14,17-20,23,26-28,30-32,34-39H2,1-2H3,(H,52,53)(H2,49,50,51)/b13-12-,16-15-,24-21-,25-22-,33-29+/t41-,42+/m0/s1. The average Bonchev–Trinajstić information content (AvgIpc) is 3.20. The van der Waals surface area contributed by atoms with Crippen LogP contribution in [0.1, 0.15) is 162 Å². The van der Waals surface area contributed by atoms with Crippen LogP contribution >= 0.6 is 15.6 Å². The van der Waals surface area contributed by atoms with Gasteiger partial charge in [-0.2, -0.15) is 0 Å². The largest absolute Gasteiger partial charge is 0.472 e. The van der Waals surface area contributed by atoms with Crippen LogP contribution in [0.3, 0.4) is 0 Å². The lowest BCUT2D eigenvalue weighted by Crippen LogP contribution is -2.29. The number of ketones is 1. The van der Waals surface area contributed by atoms with Crippen LogP contribution in [-0.2, 0) is 46.6 Å². The predicted molar refractivity (Wildman–Crippen MR) is 235 cm³/mol. The van der Waals surface area contributed by atoms with Crippen molar-refractivity contribution in [1.82, 2.24) is 0 Å². The van der Waals surface area contributed by atoms with Gasteiger partial charge in [0.25, 0.3) is 0 Å². The molecule has 0 aliphatic carbocycles. The lowest BCUT2D eigenvalue weighted by molar-refractivity contribution is -0.161. The minimum absolute atomic E-state index is 0.0258. The van der Waals surface area contributed by atoms with Crippen LogP contribution in [0.4, 0.5) is 0 Å². The SMILES string of the molecule is CCCCCCCC/C=C\CCCCCCCC(=O)OC[C@H](COP(=O)(O)OC[C@@H](O)COP(=O)(O)O)OC(=O)CCC/C=C\C/C=C\C/C=C\C=C\C(=O)CCCCC. The molecule has 0 radical (unpaired) electrons. The number of rotatable bonds is 41. The summed E-state index contributed by atoms with van der Waals surface area (Å²) in [6, 6.07) is 0. The fourth-order valence-corrected chi connectivity index (χ4v) is 6.62. The number of hydrogen-bond donors (Lipinski definition) is 4. The first-order chi connectivity index (χ1) is 28.8. The smallest absolute Gasteiger partial charge is 0.462 e. The minimum Gasteiger partial charge on any atom is -0.462 e. The van der Waals surface area contributed by atoms with Crippen molar-refractivity contribution < 1.29 is 66.3 Å². The van der Waals surface area contributed by atoms with E-state index in [1.54, 1.807) is 12.2 Å². The van der Waals surface area contributed by atoms with Crippen molar-refractivity contribution in [3.05, 3.63) is 60.8 Å². The molecule has 1 unspecified atom stereocenters. The van der Waals surface area contributed by atoms with Crippen LogP contribution < -0.4 is 0 Å². The minimum atomic E-state index is -4.88. The number of allylic oxidation sites excluding steroid dienone is 10. The molecule has 0 amide bonds. The quantitative estimate of drug-likeness (QED) is 0.0112. The molecule has 0 heterocycles. The first-order valence-corrected chi connectivity index (χ1v) is 25.0. The second kappa shape index (κ2) is 39.3. The van der Waals surface area contributed by atoms with Crippen molar-refractivity contribution in [2.45, 2.75) is 174 Å². The zero-order valence-electron chi connectivity index (χ0n) is 36.3. The average molecular weight is 891 g/mol. The molecule has 0 aromatic carbocycles. The first kappa shape index (κ1) is 57.5. The zero-order valence-corrected chi connectivity index (χ0v) is 38.1. The third-order valence-corrected chi connectivity index (χ3v) is 10.3. The van der Waals surface area contributed by atoms with Gasteiger partial charge >= 0.3 is 27.6 Å². The van der Waals surface area contributed by atoms with E-state index in [0.29, 0.717) is 32.1 Å². The molecule has 0 fully saturated rings. The van der Waals surface area contributed by atoms with Gasteiger partial charge in [0.1, 0.15) is 12.7 Å². The van der Waals surface area contributed by atoms with E-state index in [4.69, 9.17) is 23.8 Å². The van der Waals surface area contributed by atoms with Gasteiger partial charge < -0.3 is 29.3 Å². The van der Waals surface area contributed by atoms with Gasteiger partial charge in [0, 0.05) is 19.3 Å². The number of phosphoric acid groups is 2. The highest BCUT2D eigenvalue weighted by atomic mass is 31.2. The van der Waals surface area contributed by atoms with Crippen molar-refractivity contribution in [2.75, 3.05) is 26.4 Å². The summed E-state index contributed by atoms with van der Waals surface area (Å²) in [6.45, 7) is 1.50. The fraction of sp³-hybridized carbons (Fsp3) is 0.705. The Morgan fingerprint density at radius 3 is 1.70 bits per heavy atom. The van der Waals surface area contributed by atoms with Crippen LogP contribution in [0, 0.1) is 0 Å². The lowest BCUT2D eigenvalue weighted by atomic mass is 10.1. The summed E-state index contributed by atoms with van der Waals surface area (Å²) in [7, 11) is -9.72. The number of unbranched alkanes of at least 4 members (excludes halogenated alkanes) is 14. The Labute approximate surface area is 359 Å². The van der Waals surface area contributed by atoms with Crippen molar-refractivity contribution >= 4 is 33.4 Å². The second-order valence-electron chi connectivity index (χ2n) is 14.6. The molecule has 0 aromatic heterocycles. The first-order valence-electron chi connectivity index (χ1n) is 21.9. The van der Waals surface area contributed by atoms with Gasteiger partial charge in [-0.15, -0.1) is 0 Å². The maximum Gasteiger partial charge on any atom is 0.472 e. The number of aliphatic hydroxyl groups is 1. The van der Waals surface area contributed by atoms with Crippen molar-refractivity contribution in [2.24, 2.45) is 0 Å². The van der Waals surface area contributed by atoms with Crippen LogP contribution in [0.15, 0.2) is 60.8 Å². The van der Waals surface area contributed by atoms with Gasteiger partial charge in [0.2, 0.25) is 0 Å². The van der Waals surface area contributed by atoms with Gasteiger partial charge in [-0.25, -0.2) is 9.13 Å². The van der Waals surface area contributed by atoms with Crippen LogP contribution in [0.2, 0.25) is 0 Å². The number of esters is 2. The van der Waals surface area contributed by atoms with Crippen LogP contribution in [0.5, 0.6) is 0 Å². The number of hydrogen-bond acceptors (Lipinski definition) is 11. The molecule has 60 heavy (non-hydrogen) atoms. The Morgan fingerprint density at radius 2 is 1.03 bits per heavy atom. The molecule has 0 rings (SSSR count). The number of carbonyl (C=O) groups excluding carboxylic acids is 3. The summed E-state index contributed by atoms with van der Waals surface area (Å²) in [5.41, 5.74) is 0. The third kappa shape index (κ3) is 42.2. The number of phosphoric ester groups is 2. The lowest BCUT2D eigenvalue weighted by Gasteiger charge is -2.20. The number of ether oxygens (including phenoxy) is 2. The Morgan fingerprint density at radius 1 is 0.533 bits per heavy atom. The zero-order chi connectivity index (χ0) is 44.6. The molecule has 4 N–H and O–H groups in total. The molecule has 0 aliphatic rings. The molecule has 346 valence electrons. The molecular weight excluding hydrogens is 814 g/mol. The van der Waals surface area contributed by atoms with Crippen LogP contribution in [0.25, 0.3) is 0 Å². The molecule has 0 bridgehead atoms. The number of carbonyl (C=O) groups is 3. The summed E-state index contributed by atoms with van der Waals surface area (Å²) in [4.78, 5) is 64.4. The third-order valence-electron chi connectivity index (χ3n) is 8.85. The summed E-state index contributed by atoms with van der Waals surface area (Å²) < 4.78 is 47.6. The van der Waals surface area contributed by atoms with E-state index in [1.807, 2.05) is 36.5 Å². The maximum atomic E-state index is 12.6.